The Morgan fingerprint density at radius 1 is 0.966 bits per heavy atom. The highest BCUT2D eigenvalue weighted by Crippen LogP contribution is 2.38. The predicted octanol–water partition coefficient (Wildman–Crippen LogP) is 4.68. The minimum Gasteiger partial charge on any atom is -0.489 e. The first-order chi connectivity index (χ1) is 13.9. The third kappa shape index (κ3) is 3.54. The number of nitrogens with zero attached hydrogens (tertiary/aromatic N) is 2. The number of amides is 2. The molecule has 1 aliphatic rings. The zero-order valence-corrected chi connectivity index (χ0v) is 17.0. The van der Waals surface area contributed by atoms with Gasteiger partial charge < -0.3 is 4.74 Å². The molecule has 2 amide bonds. The van der Waals surface area contributed by atoms with E-state index in [9.17, 15) is 13.2 Å². The Kier molecular flexibility index (Phi) is 4.94. The topological polar surface area (TPSA) is 66.9 Å². The summed E-state index contributed by atoms with van der Waals surface area (Å²) in [6, 6.07) is 19.6. The van der Waals surface area contributed by atoms with E-state index >= 15 is 0 Å². The Hall–Kier alpha value is -3.03. The van der Waals surface area contributed by atoms with Crippen LogP contribution in [0.25, 0.3) is 0 Å². The van der Waals surface area contributed by atoms with Crippen LogP contribution in [0, 0.1) is 0 Å². The number of carbonyl (C=O) groups is 1. The summed E-state index contributed by atoms with van der Waals surface area (Å²) >= 11 is 5.88. The molecule has 3 aromatic carbocycles. The molecule has 0 fully saturated rings. The first kappa shape index (κ1) is 19.3. The van der Waals surface area contributed by atoms with Crippen LogP contribution in [0.15, 0.2) is 77.7 Å². The maximum Gasteiger partial charge on any atom is 0.342 e. The van der Waals surface area contributed by atoms with E-state index in [1.54, 1.807) is 12.1 Å². The average Bonchev–Trinajstić information content (AvgIpc) is 2.72. The number of benzene rings is 3. The van der Waals surface area contributed by atoms with E-state index in [4.69, 9.17) is 16.3 Å². The van der Waals surface area contributed by atoms with Crippen molar-refractivity contribution >= 4 is 39.0 Å². The summed E-state index contributed by atoms with van der Waals surface area (Å²) in [4.78, 5) is 14.2. The Morgan fingerprint density at radius 3 is 2.34 bits per heavy atom. The van der Waals surface area contributed by atoms with Crippen molar-refractivity contribution in [2.75, 3.05) is 16.3 Å². The van der Waals surface area contributed by atoms with E-state index in [2.05, 4.69) is 0 Å². The molecule has 8 heteroatoms. The molecule has 0 aliphatic carbocycles. The maximum atomic E-state index is 13.1. The quantitative estimate of drug-likeness (QED) is 0.605. The Labute approximate surface area is 173 Å². The van der Waals surface area contributed by atoms with Crippen LogP contribution in [-0.4, -0.2) is 21.5 Å². The standard InChI is InChI=1S/C21H17ClN2O4S/c1-23-19-13-18(28-14-15-5-3-2-4-6-15)11-12-20(19)29(26,27)24(21(23)25)17-9-7-16(22)8-10-17/h2-13H,14H2,1H3. The number of halogens is 1. The van der Waals surface area contributed by atoms with E-state index in [0.29, 0.717) is 17.4 Å². The summed E-state index contributed by atoms with van der Waals surface area (Å²) < 4.78 is 32.8. The van der Waals surface area contributed by atoms with Gasteiger partial charge in [-0.2, -0.15) is 4.31 Å². The van der Waals surface area contributed by atoms with Crippen molar-refractivity contribution in [1.29, 1.82) is 0 Å². The average molecular weight is 429 g/mol. The molecule has 3 aromatic rings. The van der Waals surface area contributed by atoms with Crippen LogP contribution in [0.4, 0.5) is 16.2 Å². The highest BCUT2D eigenvalue weighted by Gasteiger charge is 2.41. The molecule has 29 heavy (non-hydrogen) atoms. The van der Waals surface area contributed by atoms with Gasteiger partial charge in [-0.15, -0.1) is 0 Å². The van der Waals surface area contributed by atoms with E-state index in [-0.39, 0.29) is 16.3 Å². The third-order valence-electron chi connectivity index (χ3n) is 4.58. The molecule has 1 heterocycles. The van der Waals surface area contributed by atoms with Crippen LogP contribution in [0.1, 0.15) is 5.56 Å². The van der Waals surface area contributed by atoms with Crippen LogP contribution < -0.4 is 13.9 Å². The zero-order valence-electron chi connectivity index (χ0n) is 15.4. The van der Waals surface area contributed by atoms with Crippen molar-refractivity contribution in [2.45, 2.75) is 11.5 Å². The first-order valence-corrected chi connectivity index (χ1v) is 10.6. The SMILES string of the molecule is CN1C(=O)N(c2ccc(Cl)cc2)S(=O)(=O)c2ccc(OCc3ccccc3)cc21. The van der Waals surface area contributed by atoms with Gasteiger partial charge in [0, 0.05) is 18.1 Å². The normalized spacial score (nSPS) is 15.2. The van der Waals surface area contributed by atoms with Gasteiger partial charge in [0.05, 0.1) is 11.4 Å². The highest BCUT2D eigenvalue weighted by molar-refractivity contribution is 7.94. The van der Waals surface area contributed by atoms with Crippen LogP contribution in [0.3, 0.4) is 0 Å². The van der Waals surface area contributed by atoms with Gasteiger partial charge in [-0.25, -0.2) is 13.2 Å². The molecule has 0 aromatic heterocycles. The van der Waals surface area contributed by atoms with Crippen molar-refractivity contribution < 1.29 is 17.9 Å². The lowest BCUT2D eigenvalue weighted by atomic mass is 10.2. The lowest BCUT2D eigenvalue weighted by molar-refractivity contribution is 0.255. The summed E-state index contributed by atoms with van der Waals surface area (Å²) in [5, 5.41) is 0.449. The summed E-state index contributed by atoms with van der Waals surface area (Å²) in [5.74, 6) is 0.474. The molecule has 148 valence electrons. The van der Waals surface area contributed by atoms with Gasteiger partial charge in [-0.05, 0) is 42.0 Å². The molecule has 0 atom stereocenters. The Bertz CT molecular complexity index is 1170. The molecule has 6 nitrogen and oxygen atoms in total. The minimum atomic E-state index is -4.07. The van der Waals surface area contributed by atoms with Gasteiger partial charge in [-0.3, -0.25) is 4.90 Å². The summed E-state index contributed by atoms with van der Waals surface area (Å²) in [5.41, 5.74) is 1.48. The van der Waals surface area contributed by atoms with Gasteiger partial charge >= 0.3 is 6.03 Å². The van der Waals surface area contributed by atoms with Gasteiger partial charge in [-0.1, -0.05) is 41.9 Å². The monoisotopic (exact) mass is 428 g/mol. The molecule has 0 spiro atoms. The fourth-order valence-corrected chi connectivity index (χ4v) is 4.82. The Morgan fingerprint density at radius 2 is 1.66 bits per heavy atom. The fraction of sp³-hybridized carbons (Fsp3) is 0.0952. The molecule has 0 saturated heterocycles. The first-order valence-electron chi connectivity index (χ1n) is 8.77. The smallest absolute Gasteiger partial charge is 0.342 e. The lowest BCUT2D eigenvalue weighted by Gasteiger charge is -2.34. The summed E-state index contributed by atoms with van der Waals surface area (Å²) in [6.45, 7) is 0.334. The van der Waals surface area contributed by atoms with Gasteiger partial charge in [0.1, 0.15) is 17.3 Å². The Balaban J connectivity index is 1.69. The predicted molar refractivity (Wildman–Crippen MR) is 112 cm³/mol. The summed E-state index contributed by atoms with van der Waals surface area (Å²) in [7, 11) is -2.54. The third-order valence-corrected chi connectivity index (χ3v) is 6.58. The summed E-state index contributed by atoms with van der Waals surface area (Å²) in [6.07, 6.45) is 0. The number of carbonyl (C=O) groups excluding carboxylic acids is 1. The molecule has 0 bridgehead atoms. The fourth-order valence-electron chi connectivity index (χ4n) is 3.07. The van der Waals surface area contributed by atoms with Gasteiger partial charge in [0.15, 0.2) is 0 Å². The maximum absolute atomic E-state index is 13.1. The van der Waals surface area contributed by atoms with E-state index in [1.807, 2.05) is 30.3 Å². The zero-order chi connectivity index (χ0) is 20.6. The molecule has 0 radical (unpaired) electrons. The number of sulfonamides is 1. The van der Waals surface area contributed by atoms with Gasteiger partial charge in [0.25, 0.3) is 10.0 Å². The van der Waals surface area contributed by atoms with Crippen LogP contribution in [-0.2, 0) is 16.6 Å². The number of fused-ring (bicyclic) bond motifs is 1. The van der Waals surface area contributed by atoms with Crippen LogP contribution >= 0.6 is 11.6 Å². The molecular weight excluding hydrogens is 412 g/mol. The highest BCUT2D eigenvalue weighted by atomic mass is 35.5. The number of hydrogen-bond acceptors (Lipinski definition) is 4. The van der Waals surface area contributed by atoms with Crippen molar-refractivity contribution in [3.8, 4) is 5.75 Å². The molecule has 0 saturated carbocycles. The van der Waals surface area contributed by atoms with Crippen LogP contribution in [0.2, 0.25) is 5.02 Å². The lowest BCUT2D eigenvalue weighted by Crippen LogP contribution is -2.49. The van der Waals surface area contributed by atoms with Crippen molar-refractivity contribution in [3.05, 3.63) is 83.4 Å². The van der Waals surface area contributed by atoms with Gasteiger partial charge in [0.2, 0.25) is 0 Å². The van der Waals surface area contributed by atoms with E-state index in [1.165, 1.54) is 42.3 Å². The molecule has 0 unspecified atom stereocenters. The second kappa shape index (κ2) is 7.42. The van der Waals surface area contributed by atoms with Crippen molar-refractivity contribution in [1.82, 2.24) is 0 Å². The molecule has 4 rings (SSSR count). The number of ether oxygens (including phenoxy) is 1. The van der Waals surface area contributed by atoms with Crippen molar-refractivity contribution in [3.63, 3.8) is 0 Å². The van der Waals surface area contributed by atoms with Crippen LogP contribution in [0.5, 0.6) is 5.75 Å². The van der Waals surface area contributed by atoms with Crippen molar-refractivity contribution in [2.24, 2.45) is 0 Å². The minimum absolute atomic E-state index is 0.0293. The second-order valence-electron chi connectivity index (χ2n) is 6.49. The number of hydrogen-bond donors (Lipinski definition) is 0. The largest absolute Gasteiger partial charge is 0.489 e. The van der Waals surface area contributed by atoms with E-state index in [0.717, 1.165) is 9.87 Å². The molecular formula is C21H17ClN2O4S. The molecule has 0 N–H and O–H groups in total. The number of urea groups is 1. The number of anilines is 2. The second-order valence-corrected chi connectivity index (χ2v) is 8.68. The van der Waals surface area contributed by atoms with E-state index < -0.39 is 16.1 Å². The number of rotatable bonds is 4. The molecule has 1 aliphatic heterocycles.